The van der Waals surface area contributed by atoms with Crippen molar-refractivity contribution >= 4 is 28.2 Å². The molecule has 3 heterocycles. The molecule has 1 aliphatic carbocycles. The second kappa shape index (κ2) is 10.2. The van der Waals surface area contributed by atoms with Crippen molar-refractivity contribution in [3.63, 3.8) is 0 Å². The number of hydrogen-bond acceptors (Lipinski definition) is 6. The molecule has 35 heavy (non-hydrogen) atoms. The van der Waals surface area contributed by atoms with Crippen LogP contribution in [0.4, 0.5) is 0 Å². The van der Waals surface area contributed by atoms with Crippen molar-refractivity contribution in [2.45, 2.75) is 51.5 Å². The van der Waals surface area contributed by atoms with Crippen LogP contribution in [0.1, 0.15) is 71.9 Å². The lowest BCUT2D eigenvalue weighted by Gasteiger charge is -2.32. The van der Waals surface area contributed by atoms with Gasteiger partial charge in [0.1, 0.15) is 12.0 Å². The number of rotatable bonds is 7. The zero-order chi connectivity index (χ0) is 24.4. The minimum Gasteiger partial charge on any atom is -0.363 e. The van der Waals surface area contributed by atoms with Gasteiger partial charge in [0.2, 0.25) is 0 Å². The number of carbonyl (C=O) groups excluding carboxylic acids is 2. The number of carbonyl (C=O) groups is 2. The van der Waals surface area contributed by atoms with Gasteiger partial charge in [0.15, 0.2) is 5.78 Å². The Hall–Kier alpha value is -3.26. The number of fused-ring (bicyclic) bond motifs is 1. The fourth-order valence-corrected chi connectivity index (χ4v) is 5.43. The molecule has 0 saturated heterocycles. The van der Waals surface area contributed by atoms with E-state index in [2.05, 4.69) is 26.5 Å². The van der Waals surface area contributed by atoms with E-state index < -0.39 is 0 Å². The molecule has 0 bridgehead atoms. The molecule has 1 fully saturated rings. The predicted molar refractivity (Wildman–Crippen MR) is 134 cm³/mol. The number of benzene rings is 1. The summed E-state index contributed by atoms with van der Waals surface area (Å²) >= 11 is 0. The van der Waals surface area contributed by atoms with Crippen LogP contribution in [-0.2, 0) is 7.05 Å². The van der Waals surface area contributed by atoms with Crippen molar-refractivity contribution in [2.24, 2.45) is 13.0 Å². The van der Waals surface area contributed by atoms with Crippen molar-refractivity contribution in [3.05, 3.63) is 53.6 Å². The number of nitrogens with zero attached hydrogens (tertiary/aromatic N) is 4. The monoisotopic (exact) mass is 475 g/mol. The van der Waals surface area contributed by atoms with Gasteiger partial charge in [0.05, 0.1) is 16.6 Å². The van der Waals surface area contributed by atoms with Gasteiger partial charge in [-0.3, -0.25) is 19.2 Å². The number of aryl methyl sites for hydroxylation is 1. The first kappa shape index (κ1) is 23.5. The van der Waals surface area contributed by atoms with Gasteiger partial charge in [-0.1, -0.05) is 17.3 Å². The van der Waals surface area contributed by atoms with E-state index in [0.29, 0.717) is 22.7 Å². The van der Waals surface area contributed by atoms with E-state index in [4.69, 9.17) is 4.52 Å². The van der Waals surface area contributed by atoms with Crippen LogP contribution >= 0.6 is 0 Å². The number of aromatic nitrogens is 3. The van der Waals surface area contributed by atoms with Gasteiger partial charge in [-0.15, -0.1) is 0 Å². The summed E-state index contributed by atoms with van der Waals surface area (Å²) in [7, 11) is 1.88. The molecule has 2 aromatic heterocycles. The average molecular weight is 476 g/mol. The van der Waals surface area contributed by atoms with E-state index in [-0.39, 0.29) is 17.7 Å². The fourth-order valence-electron chi connectivity index (χ4n) is 5.43. The second-order valence-electron chi connectivity index (χ2n) is 9.93. The molecule has 2 aliphatic rings. The topological polar surface area (TPSA) is 93.3 Å². The smallest absolute Gasteiger partial charge is 0.252 e. The van der Waals surface area contributed by atoms with Crippen LogP contribution in [0, 0.1) is 5.92 Å². The highest BCUT2D eigenvalue weighted by Gasteiger charge is 2.25. The van der Waals surface area contributed by atoms with E-state index in [9.17, 15) is 9.59 Å². The minimum absolute atomic E-state index is 0.00278. The summed E-state index contributed by atoms with van der Waals surface area (Å²) in [4.78, 5) is 27.2. The zero-order valence-corrected chi connectivity index (χ0v) is 20.5. The van der Waals surface area contributed by atoms with Crippen LogP contribution in [-0.4, -0.2) is 57.2 Å². The van der Waals surface area contributed by atoms with E-state index in [1.807, 2.05) is 31.4 Å². The molecule has 0 atom stereocenters. The van der Waals surface area contributed by atoms with E-state index in [0.717, 1.165) is 68.2 Å². The van der Waals surface area contributed by atoms with Gasteiger partial charge < -0.3 is 9.84 Å². The Morgan fingerprint density at radius 1 is 1.17 bits per heavy atom. The number of amides is 1. The Balaban J connectivity index is 1.07. The molecule has 8 heteroatoms. The molecule has 1 aromatic carbocycles. The number of nitrogens with one attached hydrogen (secondary N) is 1. The van der Waals surface area contributed by atoms with Crippen LogP contribution in [0.25, 0.3) is 16.5 Å². The summed E-state index contributed by atoms with van der Waals surface area (Å²) < 4.78 is 6.79. The summed E-state index contributed by atoms with van der Waals surface area (Å²) in [5, 5.41) is 12.6. The molecule has 0 unspecified atom stereocenters. The standard InChI is InChI=1S/C27H33N5O3/c1-18(33)24-17-35-30-26(24)20-11-14-32(15-12-20)13-10-19-6-8-21(9-7-19)28-27(34)22-4-3-5-25-23(22)16-31(2)29-25/h3-5,11,16-17,19,21H,6-10,12-15H2,1-2H3,(H,28,34)/t19-,21-. The predicted octanol–water partition coefficient (Wildman–Crippen LogP) is 4.23. The zero-order valence-electron chi connectivity index (χ0n) is 20.5. The van der Waals surface area contributed by atoms with E-state index >= 15 is 0 Å². The molecule has 184 valence electrons. The van der Waals surface area contributed by atoms with Crippen LogP contribution in [0.5, 0.6) is 0 Å². The lowest BCUT2D eigenvalue weighted by atomic mass is 9.84. The molecule has 1 aliphatic heterocycles. The lowest BCUT2D eigenvalue weighted by molar-refractivity contribution is 0.0921. The Kier molecular flexibility index (Phi) is 6.81. The normalized spacial score (nSPS) is 21.1. The molecule has 1 amide bonds. The van der Waals surface area contributed by atoms with Crippen molar-refractivity contribution in [2.75, 3.05) is 19.6 Å². The average Bonchev–Trinajstić information content (AvgIpc) is 3.50. The molecule has 5 rings (SSSR count). The molecule has 1 N–H and O–H groups in total. The summed E-state index contributed by atoms with van der Waals surface area (Å²) in [6, 6.07) is 5.96. The van der Waals surface area contributed by atoms with Gasteiger partial charge in [-0.05, 0) is 75.6 Å². The van der Waals surface area contributed by atoms with Crippen LogP contribution in [0.3, 0.4) is 0 Å². The first-order valence-corrected chi connectivity index (χ1v) is 12.6. The van der Waals surface area contributed by atoms with E-state index in [1.54, 1.807) is 11.6 Å². The van der Waals surface area contributed by atoms with Crippen LogP contribution in [0.2, 0.25) is 0 Å². The number of ketones is 1. The van der Waals surface area contributed by atoms with Gasteiger partial charge in [0.25, 0.3) is 5.91 Å². The number of hydrogen-bond donors (Lipinski definition) is 1. The molecule has 0 radical (unpaired) electrons. The Labute approximate surface area is 205 Å². The summed E-state index contributed by atoms with van der Waals surface area (Å²) in [5.41, 5.74) is 3.95. The summed E-state index contributed by atoms with van der Waals surface area (Å²) in [6.45, 7) is 4.48. The SMILES string of the molecule is CC(=O)c1conc1C1=CCN(CC[C@H]2CC[C@H](NC(=O)c3cccc4nn(C)cc34)CC2)CC1. The fraction of sp³-hybridized carbons (Fsp3) is 0.481. The van der Waals surface area contributed by atoms with Gasteiger partial charge in [-0.25, -0.2) is 0 Å². The highest BCUT2D eigenvalue weighted by molar-refractivity contribution is 6.06. The number of Topliss-reactive ketones (excluding diaryl/α,β-unsaturated/α-hetero) is 1. The third-order valence-electron chi connectivity index (χ3n) is 7.49. The molecule has 0 spiro atoms. The van der Waals surface area contributed by atoms with Crippen molar-refractivity contribution in [1.29, 1.82) is 0 Å². The largest absolute Gasteiger partial charge is 0.363 e. The summed E-state index contributed by atoms with van der Waals surface area (Å²) in [6.07, 6.45) is 12.0. The quantitative estimate of drug-likeness (QED) is 0.514. The molecular weight excluding hydrogens is 442 g/mol. The summed E-state index contributed by atoms with van der Waals surface area (Å²) in [5.74, 6) is 0.698. The van der Waals surface area contributed by atoms with Gasteiger partial charge >= 0.3 is 0 Å². The Morgan fingerprint density at radius 2 is 2.00 bits per heavy atom. The van der Waals surface area contributed by atoms with Gasteiger partial charge in [-0.2, -0.15) is 5.10 Å². The van der Waals surface area contributed by atoms with Crippen molar-refractivity contribution < 1.29 is 14.1 Å². The molecule has 3 aromatic rings. The van der Waals surface area contributed by atoms with Crippen LogP contribution in [0.15, 0.2) is 41.3 Å². The third kappa shape index (κ3) is 5.22. The van der Waals surface area contributed by atoms with Crippen LogP contribution < -0.4 is 5.32 Å². The first-order valence-electron chi connectivity index (χ1n) is 12.6. The maximum Gasteiger partial charge on any atom is 0.252 e. The Morgan fingerprint density at radius 3 is 2.74 bits per heavy atom. The highest BCUT2D eigenvalue weighted by Crippen LogP contribution is 2.29. The third-order valence-corrected chi connectivity index (χ3v) is 7.49. The second-order valence-corrected chi connectivity index (χ2v) is 9.93. The molecule has 1 saturated carbocycles. The molecular formula is C27H33N5O3. The highest BCUT2D eigenvalue weighted by atomic mass is 16.5. The maximum absolute atomic E-state index is 12.9. The van der Waals surface area contributed by atoms with Crippen molar-refractivity contribution in [1.82, 2.24) is 25.2 Å². The Bertz CT molecular complexity index is 1250. The maximum atomic E-state index is 12.9. The lowest BCUT2D eigenvalue weighted by Crippen LogP contribution is -2.38. The molecule has 8 nitrogen and oxygen atoms in total. The van der Waals surface area contributed by atoms with E-state index in [1.165, 1.54) is 12.7 Å². The first-order chi connectivity index (χ1) is 17.0. The minimum atomic E-state index is -0.00880. The van der Waals surface area contributed by atoms with Gasteiger partial charge in [0, 0.05) is 37.8 Å². The van der Waals surface area contributed by atoms with Crippen molar-refractivity contribution in [3.8, 4) is 0 Å².